The highest BCUT2D eigenvalue weighted by molar-refractivity contribution is 7.99. The Kier molecular flexibility index (Phi) is 5.66. The number of nitrogens with one attached hydrogen (secondary N) is 3. The van der Waals surface area contributed by atoms with Crippen molar-refractivity contribution in [2.45, 2.75) is 5.03 Å². The molecule has 0 bridgehead atoms. The molecule has 8 nitrogen and oxygen atoms in total. The topological polar surface area (TPSA) is 120 Å². The standard InChI is InChI=1S/C12H9ClFN5O3S/c13-7-2-1-3-8(14)6(7)4-15-17-9(20)5-23-11-10(21)16-12(22)19-18-11/h1-4H,5H2,(H,17,20)(H2,16,19,21,22)/b15-4+. The van der Waals surface area contributed by atoms with E-state index in [1.807, 2.05) is 10.1 Å². The van der Waals surface area contributed by atoms with Crippen LogP contribution in [0.5, 0.6) is 0 Å². The van der Waals surface area contributed by atoms with Crippen LogP contribution in [-0.4, -0.2) is 33.1 Å². The lowest BCUT2D eigenvalue weighted by atomic mass is 10.2. The van der Waals surface area contributed by atoms with Gasteiger partial charge in [0, 0.05) is 5.56 Å². The van der Waals surface area contributed by atoms with Gasteiger partial charge in [0.2, 0.25) is 5.91 Å². The number of benzene rings is 1. The second-order valence-corrected chi connectivity index (χ2v) is 5.40. The molecule has 1 amide bonds. The SMILES string of the molecule is O=C(CSc1n[nH]c(=O)[nH]c1=O)N/N=C/c1c(F)cccc1Cl. The van der Waals surface area contributed by atoms with Crippen molar-refractivity contribution in [3.63, 3.8) is 0 Å². The summed E-state index contributed by atoms with van der Waals surface area (Å²) >= 11 is 6.60. The minimum atomic E-state index is -0.741. The highest BCUT2D eigenvalue weighted by atomic mass is 35.5. The summed E-state index contributed by atoms with van der Waals surface area (Å²) in [7, 11) is 0. The molecule has 0 saturated carbocycles. The van der Waals surface area contributed by atoms with E-state index < -0.39 is 23.0 Å². The van der Waals surface area contributed by atoms with Gasteiger partial charge in [0.15, 0.2) is 5.03 Å². The summed E-state index contributed by atoms with van der Waals surface area (Å²) in [6, 6.07) is 4.13. The summed E-state index contributed by atoms with van der Waals surface area (Å²) in [6.07, 6.45) is 1.07. The summed E-state index contributed by atoms with van der Waals surface area (Å²) in [6.45, 7) is 0. The Morgan fingerprint density at radius 2 is 2.26 bits per heavy atom. The fourth-order valence-electron chi connectivity index (χ4n) is 1.40. The Morgan fingerprint density at radius 3 is 2.96 bits per heavy atom. The van der Waals surface area contributed by atoms with Gasteiger partial charge in [-0.15, -0.1) is 0 Å². The molecular weight excluding hydrogens is 349 g/mol. The average molecular weight is 358 g/mol. The van der Waals surface area contributed by atoms with Gasteiger partial charge in [-0.25, -0.2) is 19.7 Å². The largest absolute Gasteiger partial charge is 0.342 e. The highest BCUT2D eigenvalue weighted by Gasteiger charge is 2.08. The van der Waals surface area contributed by atoms with E-state index in [1.165, 1.54) is 18.2 Å². The predicted octanol–water partition coefficient (Wildman–Crippen LogP) is 0.493. The van der Waals surface area contributed by atoms with Crippen LogP contribution in [0.1, 0.15) is 5.56 Å². The number of carbonyl (C=O) groups is 1. The van der Waals surface area contributed by atoms with Crippen molar-refractivity contribution in [1.29, 1.82) is 0 Å². The van der Waals surface area contributed by atoms with E-state index in [2.05, 4.69) is 15.6 Å². The molecule has 2 aromatic rings. The van der Waals surface area contributed by atoms with E-state index in [1.54, 1.807) is 0 Å². The molecule has 0 atom stereocenters. The van der Waals surface area contributed by atoms with Gasteiger partial charge in [-0.2, -0.15) is 10.2 Å². The number of halogens is 2. The molecule has 0 unspecified atom stereocenters. The van der Waals surface area contributed by atoms with E-state index in [9.17, 15) is 18.8 Å². The van der Waals surface area contributed by atoms with Crippen molar-refractivity contribution < 1.29 is 9.18 Å². The average Bonchev–Trinajstić information content (AvgIpc) is 2.49. The maximum absolute atomic E-state index is 13.5. The fraction of sp³-hybridized carbons (Fsp3) is 0.0833. The van der Waals surface area contributed by atoms with Gasteiger partial charge < -0.3 is 0 Å². The Bertz CT molecular complexity index is 846. The first-order valence-electron chi connectivity index (χ1n) is 6.05. The smallest absolute Gasteiger partial charge is 0.272 e. The Hall–Kier alpha value is -2.46. The van der Waals surface area contributed by atoms with E-state index in [4.69, 9.17) is 11.6 Å². The number of nitrogens with zero attached hydrogens (tertiary/aromatic N) is 2. The van der Waals surface area contributed by atoms with Crippen LogP contribution in [0, 0.1) is 5.82 Å². The van der Waals surface area contributed by atoms with Crippen molar-refractivity contribution in [3.8, 4) is 0 Å². The van der Waals surface area contributed by atoms with Crippen LogP contribution < -0.4 is 16.7 Å². The second kappa shape index (κ2) is 7.70. The van der Waals surface area contributed by atoms with Crippen molar-refractivity contribution >= 4 is 35.5 Å². The first-order chi connectivity index (χ1) is 11.0. The predicted molar refractivity (Wildman–Crippen MR) is 83.3 cm³/mol. The first kappa shape index (κ1) is 16.9. The zero-order valence-corrected chi connectivity index (χ0v) is 12.9. The Balaban J connectivity index is 1.91. The summed E-state index contributed by atoms with van der Waals surface area (Å²) in [5, 5.41) is 9.21. The molecule has 2 rings (SSSR count). The maximum atomic E-state index is 13.5. The van der Waals surface area contributed by atoms with Crippen molar-refractivity contribution in [2.24, 2.45) is 5.10 Å². The van der Waals surface area contributed by atoms with Crippen LogP contribution in [0.2, 0.25) is 5.02 Å². The molecule has 1 aromatic heterocycles. The molecule has 120 valence electrons. The van der Waals surface area contributed by atoms with Gasteiger partial charge in [0.05, 0.1) is 17.0 Å². The Labute approximate surface area is 137 Å². The van der Waals surface area contributed by atoms with Gasteiger partial charge in [-0.05, 0) is 12.1 Å². The van der Waals surface area contributed by atoms with Crippen LogP contribution >= 0.6 is 23.4 Å². The highest BCUT2D eigenvalue weighted by Crippen LogP contribution is 2.16. The lowest BCUT2D eigenvalue weighted by Crippen LogP contribution is -2.26. The molecule has 23 heavy (non-hydrogen) atoms. The van der Waals surface area contributed by atoms with Crippen LogP contribution in [0.3, 0.4) is 0 Å². The number of thioether (sulfide) groups is 1. The number of hydrazone groups is 1. The number of rotatable bonds is 5. The number of amides is 1. The third kappa shape index (κ3) is 4.76. The van der Waals surface area contributed by atoms with Crippen LogP contribution in [0.15, 0.2) is 37.9 Å². The van der Waals surface area contributed by atoms with Gasteiger partial charge in [-0.1, -0.05) is 29.4 Å². The summed E-state index contributed by atoms with van der Waals surface area (Å²) in [5.41, 5.74) is 0.760. The molecule has 0 spiro atoms. The molecular formula is C12H9ClFN5O3S. The van der Waals surface area contributed by atoms with Gasteiger partial charge in [0.1, 0.15) is 5.82 Å². The van der Waals surface area contributed by atoms with Crippen molar-refractivity contribution in [3.05, 3.63) is 55.4 Å². The molecule has 0 aliphatic rings. The molecule has 0 fully saturated rings. The quantitative estimate of drug-likeness (QED) is 0.408. The monoisotopic (exact) mass is 357 g/mol. The van der Waals surface area contributed by atoms with Crippen LogP contribution in [0.25, 0.3) is 0 Å². The summed E-state index contributed by atoms with van der Waals surface area (Å²) < 4.78 is 13.5. The third-order valence-corrected chi connectivity index (χ3v) is 3.69. The second-order valence-electron chi connectivity index (χ2n) is 4.03. The van der Waals surface area contributed by atoms with Gasteiger partial charge in [-0.3, -0.25) is 14.6 Å². The van der Waals surface area contributed by atoms with Crippen molar-refractivity contribution in [2.75, 3.05) is 5.75 Å². The summed E-state index contributed by atoms with van der Waals surface area (Å²) in [4.78, 5) is 35.7. The molecule has 0 radical (unpaired) electrons. The number of hydrogen-bond acceptors (Lipinski definition) is 6. The lowest BCUT2D eigenvalue weighted by Gasteiger charge is -2.00. The zero-order chi connectivity index (χ0) is 16.8. The van der Waals surface area contributed by atoms with E-state index >= 15 is 0 Å². The molecule has 3 N–H and O–H groups in total. The van der Waals surface area contributed by atoms with E-state index in [0.717, 1.165) is 18.0 Å². The molecule has 0 aliphatic heterocycles. The summed E-state index contributed by atoms with van der Waals surface area (Å²) in [5.74, 6) is -1.30. The van der Waals surface area contributed by atoms with Crippen LogP contribution in [-0.2, 0) is 4.79 Å². The Morgan fingerprint density at radius 1 is 1.48 bits per heavy atom. The molecule has 1 aromatic carbocycles. The molecule has 0 aliphatic carbocycles. The third-order valence-electron chi connectivity index (χ3n) is 2.40. The number of aromatic nitrogens is 3. The number of carbonyl (C=O) groups excluding carboxylic acids is 1. The normalized spacial score (nSPS) is 10.9. The number of hydrogen-bond donors (Lipinski definition) is 3. The van der Waals surface area contributed by atoms with E-state index in [0.29, 0.717) is 0 Å². The molecule has 1 heterocycles. The zero-order valence-electron chi connectivity index (χ0n) is 11.3. The fourth-order valence-corrected chi connectivity index (χ4v) is 2.24. The van der Waals surface area contributed by atoms with Crippen LogP contribution in [0.4, 0.5) is 4.39 Å². The number of aromatic amines is 2. The minimum Gasteiger partial charge on any atom is -0.272 e. The van der Waals surface area contributed by atoms with Gasteiger partial charge in [0.25, 0.3) is 5.56 Å². The lowest BCUT2D eigenvalue weighted by molar-refractivity contribution is -0.118. The maximum Gasteiger partial charge on any atom is 0.342 e. The molecule has 11 heteroatoms. The first-order valence-corrected chi connectivity index (χ1v) is 7.41. The van der Waals surface area contributed by atoms with Crippen molar-refractivity contribution in [1.82, 2.24) is 20.6 Å². The minimum absolute atomic E-state index is 0.0425. The number of H-pyrrole nitrogens is 2. The molecule has 0 saturated heterocycles. The van der Waals surface area contributed by atoms with E-state index in [-0.39, 0.29) is 21.4 Å². The van der Waals surface area contributed by atoms with Gasteiger partial charge >= 0.3 is 5.69 Å².